The molecule has 1 aromatic heterocycles. The van der Waals surface area contributed by atoms with E-state index in [1.54, 1.807) is 16.6 Å². The number of nitriles is 1. The van der Waals surface area contributed by atoms with E-state index in [4.69, 9.17) is 0 Å². The quantitative estimate of drug-likeness (QED) is 0.871. The fourth-order valence-corrected chi connectivity index (χ4v) is 2.66. The van der Waals surface area contributed by atoms with Gasteiger partial charge in [0.15, 0.2) is 5.82 Å². The molecule has 1 atom stereocenters. The van der Waals surface area contributed by atoms with E-state index in [0.29, 0.717) is 11.4 Å². The first-order valence-corrected chi connectivity index (χ1v) is 7.26. The van der Waals surface area contributed by atoms with Crippen molar-refractivity contribution in [1.82, 2.24) is 9.78 Å². The number of carbonyl (C=O) groups excluding carboxylic acids is 1. The van der Waals surface area contributed by atoms with Crippen molar-refractivity contribution in [2.24, 2.45) is 7.05 Å². The molecular formula is C17H20N4O. The molecule has 0 saturated carbocycles. The van der Waals surface area contributed by atoms with E-state index in [9.17, 15) is 10.1 Å². The Morgan fingerprint density at radius 1 is 1.41 bits per heavy atom. The van der Waals surface area contributed by atoms with Gasteiger partial charge in [-0.25, -0.2) is 0 Å². The maximum Gasteiger partial charge on any atom is 0.224 e. The highest BCUT2D eigenvalue weighted by Crippen LogP contribution is 2.35. The van der Waals surface area contributed by atoms with Crippen LogP contribution in [0.25, 0.3) is 0 Å². The van der Waals surface area contributed by atoms with Crippen LogP contribution < -0.4 is 4.90 Å². The van der Waals surface area contributed by atoms with E-state index in [1.165, 1.54) is 6.92 Å². The number of aryl methyl sites for hydroxylation is 1. The molecule has 0 N–H and O–H groups in total. The number of hydrogen-bond acceptors (Lipinski definition) is 3. The summed E-state index contributed by atoms with van der Waals surface area (Å²) in [5.41, 5.74) is 2.60. The Labute approximate surface area is 130 Å². The second-order valence-corrected chi connectivity index (χ2v) is 5.32. The summed E-state index contributed by atoms with van der Waals surface area (Å²) in [6.07, 6.45) is 2.75. The Morgan fingerprint density at radius 2 is 2.09 bits per heavy atom. The predicted octanol–water partition coefficient (Wildman–Crippen LogP) is 2.82. The third kappa shape index (κ3) is 2.86. The SMILES string of the molecule is CCC(c1ccccc1C#N)c1cn(C)nc1N(C)C(C)=O. The number of anilines is 1. The van der Waals surface area contributed by atoms with E-state index >= 15 is 0 Å². The Balaban J connectivity index is 2.58. The zero-order valence-corrected chi connectivity index (χ0v) is 13.4. The van der Waals surface area contributed by atoms with Crippen LogP contribution in [0.5, 0.6) is 0 Å². The van der Waals surface area contributed by atoms with E-state index < -0.39 is 0 Å². The molecule has 5 nitrogen and oxygen atoms in total. The van der Waals surface area contributed by atoms with E-state index in [1.807, 2.05) is 37.5 Å². The number of benzene rings is 1. The zero-order chi connectivity index (χ0) is 16.3. The van der Waals surface area contributed by atoms with Crippen LogP contribution in [0.15, 0.2) is 30.5 Å². The predicted molar refractivity (Wildman–Crippen MR) is 85.6 cm³/mol. The third-order valence-corrected chi connectivity index (χ3v) is 3.87. The molecule has 1 aromatic carbocycles. The van der Waals surface area contributed by atoms with E-state index in [0.717, 1.165) is 17.5 Å². The lowest BCUT2D eigenvalue weighted by Crippen LogP contribution is -2.25. The fourth-order valence-electron chi connectivity index (χ4n) is 2.66. The van der Waals surface area contributed by atoms with Gasteiger partial charge in [-0.2, -0.15) is 10.4 Å². The molecule has 0 fully saturated rings. The summed E-state index contributed by atoms with van der Waals surface area (Å²) in [7, 11) is 3.56. The monoisotopic (exact) mass is 296 g/mol. The van der Waals surface area contributed by atoms with Crippen molar-refractivity contribution < 1.29 is 4.79 Å². The molecule has 0 aliphatic rings. The van der Waals surface area contributed by atoms with Crippen molar-refractivity contribution in [2.75, 3.05) is 11.9 Å². The van der Waals surface area contributed by atoms with Crippen molar-refractivity contribution in [3.63, 3.8) is 0 Å². The molecule has 1 heterocycles. The minimum atomic E-state index is -0.0663. The molecule has 0 saturated heterocycles. The summed E-state index contributed by atoms with van der Waals surface area (Å²) in [6.45, 7) is 3.59. The molecule has 0 aliphatic heterocycles. The Hall–Kier alpha value is -2.61. The largest absolute Gasteiger partial charge is 0.298 e. The topological polar surface area (TPSA) is 61.9 Å². The minimum Gasteiger partial charge on any atom is -0.298 e. The number of carbonyl (C=O) groups is 1. The summed E-state index contributed by atoms with van der Waals surface area (Å²) >= 11 is 0. The molecule has 1 amide bonds. The molecule has 114 valence electrons. The average Bonchev–Trinajstić information content (AvgIpc) is 2.89. The molecule has 22 heavy (non-hydrogen) atoms. The summed E-state index contributed by atoms with van der Waals surface area (Å²) in [5.74, 6) is 0.610. The lowest BCUT2D eigenvalue weighted by atomic mass is 9.87. The molecular weight excluding hydrogens is 276 g/mol. The van der Waals surface area contributed by atoms with Crippen LogP contribution in [-0.2, 0) is 11.8 Å². The second-order valence-electron chi connectivity index (χ2n) is 5.32. The van der Waals surface area contributed by atoms with Crippen molar-refractivity contribution >= 4 is 11.7 Å². The summed E-state index contributed by atoms with van der Waals surface area (Å²) in [6, 6.07) is 9.84. The van der Waals surface area contributed by atoms with E-state index in [-0.39, 0.29) is 11.8 Å². The van der Waals surface area contributed by atoms with Gasteiger partial charge in [-0.1, -0.05) is 25.1 Å². The highest BCUT2D eigenvalue weighted by atomic mass is 16.2. The van der Waals surface area contributed by atoms with Crippen molar-refractivity contribution in [3.8, 4) is 6.07 Å². The van der Waals surface area contributed by atoms with Gasteiger partial charge in [0.2, 0.25) is 5.91 Å². The number of rotatable bonds is 4. The molecule has 0 aliphatic carbocycles. The van der Waals surface area contributed by atoms with Gasteiger partial charge in [-0.15, -0.1) is 0 Å². The smallest absolute Gasteiger partial charge is 0.224 e. The summed E-state index contributed by atoms with van der Waals surface area (Å²) in [4.78, 5) is 13.2. The summed E-state index contributed by atoms with van der Waals surface area (Å²) < 4.78 is 1.71. The first kappa shape index (κ1) is 15.8. The maximum absolute atomic E-state index is 11.7. The van der Waals surface area contributed by atoms with Gasteiger partial charge in [0.1, 0.15) is 0 Å². The van der Waals surface area contributed by atoms with Gasteiger partial charge in [-0.05, 0) is 18.1 Å². The van der Waals surface area contributed by atoms with Gasteiger partial charge < -0.3 is 0 Å². The van der Waals surface area contributed by atoms with Gasteiger partial charge in [0.25, 0.3) is 0 Å². The molecule has 5 heteroatoms. The Morgan fingerprint density at radius 3 is 2.68 bits per heavy atom. The lowest BCUT2D eigenvalue weighted by Gasteiger charge is -2.20. The number of amides is 1. The molecule has 2 rings (SSSR count). The van der Waals surface area contributed by atoms with Gasteiger partial charge in [-0.3, -0.25) is 14.4 Å². The number of nitrogens with zero attached hydrogens (tertiary/aromatic N) is 4. The highest BCUT2D eigenvalue weighted by molar-refractivity contribution is 5.90. The minimum absolute atomic E-state index is 0.0290. The third-order valence-electron chi connectivity index (χ3n) is 3.87. The van der Waals surface area contributed by atoms with Crippen LogP contribution in [0, 0.1) is 11.3 Å². The van der Waals surface area contributed by atoms with Crippen molar-refractivity contribution in [1.29, 1.82) is 5.26 Å². The molecule has 2 aromatic rings. The van der Waals surface area contributed by atoms with Crippen LogP contribution in [0.3, 0.4) is 0 Å². The number of aromatic nitrogens is 2. The molecule has 1 unspecified atom stereocenters. The summed E-state index contributed by atoms with van der Waals surface area (Å²) in [5, 5.41) is 13.8. The fraction of sp³-hybridized carbons (Fsp3) is 0.353. The molecule has 0 spiro atoms. The van der Waals surface area contributed by atoms with Crippen LogP contribution in [0.4, 0.5) is 5.82 Å². The lowest BCUT2D eigenvalue weighted by molar-refractivity contribution is -0.116. The van der Waals surface area contributed by atoms with Gasteiger partial charge in [0.05, 0.1) is 11.6 Å². The molecule has 0 radical (unpaired) electrons. The highest BCUT2D eigenvalue weighted by Gasteiger charge is 2.24. The van der Waals surface area contributed by atoms with Crippen LogP contribution >= 0.6 is 0 Å². The Kier molecular flexibility index (Phi) is 4.62. The first-order chi connectivity index (χ1) is 10.5. The van der Waals surface area contributed by atoms with Gasteiger partial charge >= 0.3 is 0 Å². The maximum atomic E-state index is 11.7. The normalized spacial score (nSPS) is 11.8. The standard InChI is InChI=1S/C17H20N4O/c1-5-14(15-9-7-6-8-13(15)10-18)16-11-20(3)19-17(16)21(4)12(2)22/h6-9,11,14H,5H2,1-4H3. The van der Waals surface area contributed by atoms with Crippen LogP contribution in [0.2, 0.25) is 0 Å². The van der Waals surface area contributed by atoms with E-state index in [2.05, 4.69) is 18.1 Å². The first-order valence-electron chi connectivity index (χ1n) is 7.26. The average molecular weight is 296 g/mol. The Bertz CT molecular complexity index is 727. The van der Waals surface area contributed by atoms with Crippen molar-refractivity contribution in [2.45, 2.75) is 26.2 Å². The second kappa shape index (κ2) is 6.44. The van der Waals surface area contributed by atoms with Crippen LogP contribution in [-0.4, -0.2) is 22.7 Å². The zero-order valence-electron chi connectivity index (χ0n) is 13.4. The number of hydrogen-bond donors (Lipinski definition) is 0. The molecule has 0 bridgehead atoms. The van der Waals surface area contributed by atoms with Crippen molar-refractivity contribution in [3.05, 3.63) is 47.2 Å². The van der Waals surface area contributed by atoms with Gasteiger partial charge in [0, 0.05) is 38.7 Å². The van der Waals surface area contributed by atoms with Crippen LogP contribution in [0.1, 0.15) is 42.9 Å².